The van der Waals surface area contributed by atoms with Crippen molar-refractivity contribution in [3.8, 4) is 6.07 Å². The van der Waals surface area contributed by atoms with Crippen molar-refractivity contribution in [3.05, 3.63) is 83.6 Å². The number of hydrogen-bond donors (Lipinski definition) is 1. The smallest absolute Gasteiger partial charge is 0.309 e. The third kappa shape index (κ3) is 6.13. The highest BCUT2D eigenvalue weighted by Crippen LogP contribution is 2.39. The summed E-state index contributed by atoms with van der Waals surface area (Å²) in [7, 11) is 0. The summed E-state index contributed by atoms with van der Waals surface area (Å²) in [6, 6.07) is 18.0. The Labute approximate surface area is 205 Å². The third-order valence-electron chi connectivity index (χ3n) is 6.37. The Morgan fingerprint density at radius 1 is 1.17 bits per heavy atom. The summed E-state index contributed by atoms with van der Waals surface area (Å²) in [6.45, 7) is 4.69. The van der Waals surface area contributed by atoms with Crippen LogP contribution < -0.4 is 5.32 Å². The molecule has 6 heteroatoms. The van der Waals surface area contributed by atoms with E-state index in [1.807, 2.05) is 48.5 Å². The molecule has 6 nitrogen and oxygen atoms in total. The minimum Gasteiger partial charge on any atom is -0.461 e. The van der Waals surface area contributed by atoms with Crippen LogP contribution in [0.2, 0.25) is 0 Å². The molecule has 1 amide bonds. The highest BCUT2D eigenvalue weighted by atomic mass is 16.5. The van der Waals surface area contributed by atoms with Gasteiger partial charge in [-0.2, -0.15) is 5.26 Å². The number of ether oxygens (including phenoxy) is 1. The second kappa shape index (κ2) is 10.5. The van der Waals surface area contributed by atoms with Gasteiger partial charge in [0.2, 0.25) is 0 Å². The van der Waals surface area contributed by atoms with Crippen LogP contribution in [0.25, 0.3) is 16.5 Å². The second-order valence-corrected chi connectivity index (χ2v) is 9.70. The van der Waals surface area contributed by atoms with Crippen molar-refractivity contribution in [1.29, 1.82) is 5.26 Å². The van der Waals surface area contributed by atoms with E-state index in [9.17, 15) is 14.9 Å². The fraction of sp³-hybridized carbons (Fsp3) is 0.310. The number of aromatic nitrogens is 1. The van der Waals surface area contributed by atoms with Gasteiger partial charge in [-0.05, 0) is 41.9 Å². The highest BCUT2D eigenvalue weighted by molar-refractivity contribution is 5.99. The number of amides is 1. The van der Waals surface area contributed by atoms with E-state index in [1.54, 1.807) is 6.07 Å². The lowest BCUT2D eigenvalue weighted by Crippen LogP contribution is -2.35. The number of para-hydroxylation sites is 1. The van der Waals surface area contributed by atoms with Gasteiger partial charge in [0.25, 0.3) is 5.91 Å². The van der Waals surface area contributed by atoms with Crippen LogP contribution in [0.3, 0.4) is 0 Å². The van der Waals surface area contributed by atoms with Crippen molar-refractivity contribution in [1.82, 2.24) is 10.3 Å². The Kier molecular flexibility index (Phi) is 7.26. The third-order valence-corrected chi connectivity index (χ3v) is 6.37. The predicted octanol–water partition coefficient (Wildman–Crippen LogP) is 5.58. The zero-order valence-corrected chi connectivity index (χ0v) is 20.1. The first-order chi connectivity index (χ1) is 16.8. The van der Waals surface area contributed by atoms with Crippen molar-refractivity contribution in [2.45, 2.75) is 52.2 Å². The summed E-state index contributed by atoms with van der Waals surface area (Å²) in [5, 5.41) is 12.9. The van der Waals surface area contributed by atoms with Gasteiger partial charge in [0.15, 0.2) is 0 Å². The van der Waals surface area contributed by atoms with Gasteiger partial charge in [0.05, 0.1) is 23.6 Å². The molecule has 0 fully saturated rings. The van der Waals surface area contributed by atoms with Crippen LogP contribution in [0, 0.1) is 16.7 Å². The second-order valence-electron chi connectivity index (χ2n) is 9.70. The van der Waals surface area contributed by atoms with E-state index in [0.717, 1.165) is 41.3 Å². The normalized spacial score (nSPS) is 15.5. The van der Waals surface area contributed by atoms with Crippen LogP contribution >= 0.6 is 0 Å². The summed E-state index contributed by atoms with van der Waals surface area (Å²) in [5.41, 5.74) is 4.76. The number of carbonyl (C=O) groups excluding carboxylic acids is 2. The molecular weight excluding hydrogens is 438 g/mol. The van der Waals surface area contributed by atoms with Crippen LogP contribution in [-0.4, -0.2) is 22.9 Å². The Bertz CT molecular complexity index is 1310. The van der Waals surface area contributed by atoms with Crippen LogP contribution in [0.5, 0.6) is 0 Å². The average molecular weight is 468 g/mol. The van der Waals surface area contributed by atoms with Crippen LogP contribution in [0.4, 0.5) is 0 Å². The van der Waals surface area contributed by atoms with Gasteiger partial charge in [-0.15, -0.1) is 0 Å². The monoisotopic (exact) mass is 467 g/mol. The Morgan fingerprint density at radius 3 is 2.69 bits per heavy atom. The van der Waals surface area contributed by atoms with E-state index >= 15 is 0 Å². The molecule has 0 aliphatic heterocycles. The van der Waals surface area contributed by atoms with Crippen LogP contribution in [0.1, 0.15) is 61.0 Å². The van der Waals surface area contributed by atoms with Crippen LogP contribution in [-0.2, 0) is 16.1 Å². The molecule has 0 saturated carbocycles. The number of esters is 1. The summed E-state index contributed by atoms with van der Waals surface area (Å²) < 4.78 is 5.23. The summed E-state index contributed by atoms with van der Waals surface area (Å²) in [6.07, 6.45) is 6.75. The number of hydrogen-bond acceptors (Lipinski definition) is 5. The molecule has 1 atom stereocenters. The van der Waals surface area contributed by atoms with Gasteiger partial charge in [0.1, 0.15) is 12.6 Å². The van der Waals surface area contributed by atoms with E-state index < -0.39 is 17.9 Å². The number of fused-ring (bicyclic) bond motifs is 1. The topological polar surface area (TPSA) is 92.1 Å². The minimum absolute atomic E-state index is 0.122. The Morgan fingerprint density at radius 2 is 1.97 bits per heavy atom. The zero-order valence-electron chi connectivity index (χ0n) is 20.1. The summed E-state index contributed by atoms with van der Waals surface area (Å²) in [5.74, 6) is -1.00. The minimum atomic E-state index is -0.997. The van der Waals surface area contributed by atoms with Gasteiger partial charge < -0.3 is 10.1 Å². The first-order valence-corrected chi connectivity index (χ1v) is 11.8. The summed E-state index contributed by atoms with van der Waals surface area (Å²) >= 11 is 0. The molecule has 35 heavy (non-hydrogen) atoms. The van der Waals surface area contributed by atoms with Crippen molar-refractivity contribution in [2.75, 3.05) is 0 Å². The van der Waals surface area contributed by atoms with Crippen molar-refractivity contribution < 1.29 is 14.3 Å². The Hall–Kier alpha value is -3.98. The fourth-order valence-corrected chi connectivity index (χ4v) is 4.20. The fourth-order valence-electron chi connectivity index (χ4n) is 4.20. The van der Waals surface area contributed by atoms with Crippen molar-refractivity contribution in [2.24, 2.45) is 5.41 Å². The van der Waals surface area contributed by atoms with E-state index in [1.165, 1.54) is 11.8 Å². The molecule has 3 aromatic rings. The molecule has 178 valence electrons. The molecule has 1 heterocycles. The maximum absolute atomic E-state index is 12.8. The van der Waals surface area contributed by atoms with Crippen molar-refractivity contribution >= 4 is 28.4 Å². The molecule has 4 rings (SSSR count). The molecule has 1 N–H and O–H groups in total. The Balaban J connectivity index is 1.42. The van der Waals surface area contributed by atoms with Crippen LogP contribution in [0.15, 0.2) is 66.9 Å². The number of rotatable bonds is 7. The SMILES string of the molecule is CC1(C)CC=C(c2cccc3cc(C(=O)N[C@@H](C#N)CC(=O)OCc4ccccc4)cnc23)CC1. The molecule has 0 spiro atoms. The molecule has 1 aliphatic carbocycles. The van der Waals surface area contributed by atoms with E-state index in [-0.39, 0.29) is 13.0 Å². The number of allylic oxidation sites excluding steroid dienone is 2. The first-order valence-electron chi connectivity index (χ1n) is 11.8. The number of nitrogens with one attached hydrogen (secondary N) is 1. The molecule has 0 radical (unpaired) electrons. The molecular formula is C29H29N3O3. The van der Waals surface area contributed by atoms with Gasteiger partial charge in [0, 0.05) is 17.1 Å². The van der Waals surface area contributed by atoms with Gasteiger partial charge in [-0.25, -0.2) is 0 Å². The zero-order chi connectivity index (χ0) is 24.8. The molecule has 2 aromatic carbocycles. The van der Waals surface area contributed by atoms with Crippen molar-refractivity contribution in [3.63, 3.8) is 0 Å². The lowest BCUT2D eigenvalue weighted by Gasteiger charge is -2.29. The number of benzene rings is 2. The maximum atomic E-state index is 12.8. The van der Waals surface area contributed by atoms with Gasteiger partial charge >= 0.3 is 5.97 Å². The largest absolute Gasteiger partial charge is 0.461 e. The van der Waals surface area contributed by atoms with E-state index in [2.05, 4.69) is 36.3 Å². The lowest BCUT2D eigenvalue weighted by molar-refractivity contribution is -0.145. The lowest BCUT2D eigenvalue weighted by atomic mass is 9.77. The highest BCUT2D eigenvalue weighted by Gasteiger charge is 2.23. The van der Waals surface area contributed by atoms with Gasteiger partial charge in [-0.1, -0.05) is 68.5 Å². The predicted molar refractivity (Wildman–Crippen MR) is 135 cm³/mol. The quantitative estimate of drug-likeness (QED) is 0.458. The standard InChI is InChI=1S/C29H29N3O3/c1-29(2)13-11-21(12-14-29)25-10-6-9-22-15-23(18-31-27(22)25)28(34)32-24(17-30)16-26(33)35-19-20-7-4-3-5-8-20/h3-11,15,18,24H,12-14,16,19H2,1-2H3,(H,32,34)/t24-/m1/s1. The van der Waals surface area contributed by atoms with Gasteiger partial charge in [-0.3, -0.25) is 14.6 Å². The maximum Gasteiger partial charge on any atom is 0.309 e. The average Bonchev–Trinajstić information content (AvgIpc) is 2.87. The number of nitrogens with zero attached hydrogens (tertiary/aromatic N) is 2. The summed E-state index contributed by atoms with van der Waals surface area (Å²) in [4.78, 5) is 29.6. The van der Waals surface area contributed by atoms with E-state index in [4.69, 9.17) is 4.74 Å². The molecule has 1 aromatic heterocycles. The number of nitriles is 1. The molecule has 0 unspecified atom stereocenters. The van der Waals surface area contributed by atoms with E-state index in [0.29, 0.717) is 11.0 Å². The number of pyridine rings is 1. The molecule has 1 aliphatic rings. The first kappa shape index (κ1) is 24.2. The molecule has 0 saturated heterocycles. The number of carbonyl (C=O) groups is 2. The molecule has 0 bridgehead atoms.